The summed E-state index contributed by atoms with van der Waals surface area (Å²) in [6, 6.07) is 0. The summed E-state index contributed by atoms with van der Waals surface area (Å²) in [6.07, 6.45) is 1.92. The summed E-state index contributed by atoms with van der Waals surface area (Å²) in [5.41, 5.74) is 0. The van der Waals surface area contributed by atoms with Gasteiger partial charge in [-0.15, -0.1) is 0 Å². The van der Waals surface area contributed by atoms with E-state index in [1.54, 1.807) is 0 Å². The van der Waals surface area contributed by atoms with Crippen LogP contribution in [0.25, 0.3) is 0 Å². The number of hydrogen-bond donors (Lipinski definition) is 1. The van der Waals surface area contributed by atoms with Crippen LogP contribution in [0.1, 0.15) is 40.5 Å². The average molecular weight is 172 g/mol. The lowest BCUT2D eigenvalue weighted by Crippen LogP contribution is -2.33. The van der Waals surface area contributed by atoms with E-state index in [0.29, 0.717) is 12.3 Å². The molecule has 1 rings (SSSR count). The van der Waals surface area contributed by atoms with Gasteiger partial charge in [0, 0.05) is 5.92 Å². The lowest BCUT2D eigenvalue weighted by molar-refractivity contribution is -0.210. The highest BCUT2D eigenvalue weighted by atomic mass is 16.6. The van der Waals surface area contributed by atoms with Crippen LogP contribution in [-0.2, 0) is 4.74 Å². The molecule has 4 unspecified atom stereocenters. The summed E-state index contributed by atoms with van der Waals surface area (Å²) < 4.78 is 5.63. The molecule has 1 fully saturated rings. The Morgan fingerprint density at radius 1 is 1.33 bits per heavy atom. The Balaban J connectivity index is 2.72. The first-order valence-electron chi connectivity index (χ1n) is 4.95. The summed E-state index contributed by atoms with van der Waals surface area (Å²) >= 11 is 0. The maximum atomic E-state index is 10.0. The third kappa shape index (κ3) is 1.38. The van der Waals surface area contributed by atoms with Gasteiger partial charge in [0.1, 0.15) is 0 Å². The standard InChI is InChI=1S/C10H20O2/c1-5-9-7(3)8(4)10(11,6-2)12-9/h7-9,11H,5-6H2,1-4H3. The van der Waals surface area contributed by atoms with Gasteiger partial charge in [0.2, 0.25) is 0 Å². The minimum atomic E-state index is -0.861. The van der Waals surface area contributed by atoms with Crippen LogP contribution < -0.4 is 0 Å². The molecule has 0 radical (unpaired) electrons. The Labute approximate surface area is 74.9 Å². The van der Waals surface area contributed by atoms with Gasteiger partial charge in [-0.3, -0.25) is 0 Å². The number of hydrogen-bond acceptors (Lipinski definition) is 2. The van der Waals surface area contributed by atoms with E-state index in [1.807, 2.05) is 6.92 Å². The smallest absolute Gasteiger partial charge is 0.168 e. The van der Waals surface area contributed by atoms with Crippen LogP contribution in [0.3, 0.4) is 0 Å². The minimum Gasteiger partial charge on any atom is -0.365 e. The molecule has 0 bridgehead atoms. The third-order valence-electron chi connectivity index (χ3n) is 3.35. The Kier molecular flexibility index (Phi) is 2.79. The van der Waals surface area contributed by atoms with Gasteiger partial charge in [0.15, 0.2) is 5.79 Å². The molecule has 1 N–H and O–H groups in total. The second-order valence-electron chi connectivity index (χ2n) is 3.91. The highest BCUT2D eigenvalue weighted by Gasteiger charge is 2.47. The van der Waals surface area contributed by atoms with Crippen molar-refractivity contribution in [3.8, 4) is 0 Å². The summed E-state index contributed by atoms with van der Waals surface area (Å²) in [6.45, 7) is 8.31. The highest BCUT2D eigenvalue weighted by Crippen LogP contribution is 2.41. The maximum absolute atomic E-state index is 10.0. The van der Waals surface area contributed by atoms with Crippen LogP contribution in [0.4, 0.5) is 0 Å². The summed E-state index contributed by atoms with van der Waals surface area (Å²) in [5, 5.41) is 10.0. The quantitative estimate of drug-likeness (QED) is 0.691. The van der Waals surface area contributed by atoms with E-state index in [1.165, 1.54) is 0 Å². The molecular weight excluding hydrogens is 152 g/mol. The van der Waals surface area contributed by atoms with Crippen molar-refractivity contribution in [3.63, 3.8) is 0 Å². The van der Waals surface area contributed by atoms with E-state index >= 15 is 0 Å². The van der Waals surface area contributed by atoms with E-state index < -0.39 is 5.79 Å². The van der Waals surface area contributed by atoms with Gasteiger partial charge in [-0.25, -0.2) is 0 Å². The van der Waals surface area contributed by atoms with Gasteiger partial charge >= 0.3 is 0 Å². The summed E-state index contributed by atoms with van der Waals surface area (Å²) in [5.74, 6) is -0.132. The molecule has 0 aliphatic carbocycles. The molecule has 2 nitrogen and oxygen atoms in total. The molecule has 0 spiro atoms. The van der Waals surface area contributed by atoms with Crippen LogP contribution in [0.2, 0.25) is 0 Å². The van der Waals surface area contributed by atoms with E-state index in [0.717, 1.165) is 6.42 Å². The lowest BCUT2D eigenvalue weighted by atomic mass is 9.86. The lowest BCUT2D eigenvalue weighted by Gasteiger charge is -2.25. The molecule has 0 saturated carbocycles. The van der Waals surface area contributed by atoms with Crippen LogP contribution in [0, 0.1) is 11.8 Å². The molecule has 0 aromatic carbocycles. The first-order valence-corrected chi connectivity index (χ1v) is 4.95. The molecule has 1 aliphatic heterocycles. The monoisotopic (exact) mass is 172 g/mol. The van der Waals surface area contributed by atoms with Crippen LogP contribution >= 0.6 is 0 Å². The number of aliphatic hydroxyl groups is 1. The number of rotatable bonds is 2. The van der Waals surface area contributed by atoms with Crippen molar-refractivity contribution >= 4 is 0 Å². The Hall–Kier alpha value is -0.0800. The second-order valence-corrected chi connectivity index (χ2v) is 3.91. The topological polar surface area (TPSA) is 29.5 Å². The fraction of sp³-hybridized carbons (Fsp3) is 1.00. The highest BCUT2D eigenvalue weighted by molar-refractivity contribution is 4.89. The van der Waals surface area contributed by atoms with Crippen molar-refractivity contribution in [2.75, 3.05) is 0 Å². The third-order valence-corrected chi connectivity index (χ3v) is 3.35. The van der Waals surface area contributed by atoms with E-state index in [-0.39, 0.29) is 12.0 Å². The normalized spacial score (nSPS) is 48.2. The zero-order chi connectivity index (χ0) is 9.35. The van der Waals surface area contributed by atoms with Crippen molar-refractivity contribution in [1.82, 2.24) is 0 Å². The summed E-state index contributed by atoms with van der Waals surface area (Å²) in [7, 11) is 0. The van der Waals surface area contributed by atoms with Gasteiger partial charge < -0.3 is 9.84 Å². The minimum absolute atomic E-state index is 0.241. The fourth-order valence-corrected chi connectivity index (χ4v) is 2.07. The Bertz CT molecular complexity index is 158. The largest absolute Gasteiger partial charge is 0.365 e. The second kappa shape index (κ2) is 3.35. The predicted octanol–water partition coefficient (Wildman–Crippen LogP) is 2.17. The zero-order valence-electron chi connectivity index (χ0n) is 8.50. The molecular formula is C10H20O2. The van der Waals surface area contributed by atoms with Gasteiger partial charge in [-0.2, -0.15) is 0 Å². The Morgan fingerprint density at radius 2 is 1.92 bits per heavy atom. The molecule has 0 amide bonds. The average Bonchev–Trinajstić information content (AvgIpc) is 2.31. The van der Waals surface area contributed by atoms with Crippen molar-refractivity contribution in [2.45, 2.75) is 52.4 Å². The summed E-state index contributed by atoms with van der Waals surface area (Å²) in [4.78, 5) is 0. The van der Waals surface area contributed by atoms with Gasteiger partial charge in [-0.1, -0.05) is 27.7 Å². The molecule has 0 aromatic rings. The van der Waals surface area contributed by atoms with Crippen molar-refractivity contribution in [2.24, 2.45) is 11.8 Å². The molecule has 1 heterocycles. The maximum Gasteiger partial charge on any atom is 0.168 e. The Morgan fingerprint density at radius 3 is 2.17 bits per heavy atom. The van der Waals surface area contributed by atoms with E-state index in [2.05, 4.69) is 20.8 Å². The molecule has 12 heavy (non-hydrogen) atoms. The first kappa shape index (κ1) is 10.0. The van der Waals surface area contributed by atoms with Crippen LogP contribution in [0.15, 0.2) is 0 Å². The van der Waals surface area contributed by atoms with Crippen LogP contribution in [0.5, 0.6) is 0 Å². The van der Waals surface area contributed by atoms with E-state index in [9.17, 15) is 5.11 Å². The molecule has 1 saturated heterocycles. The van der Waals surface area contributed by atoms with Crippen LogP contribution in [-0.4, -0.2) is 17.0 Å². The molecule has 2 heteroatoms. The van der Waals surface area contributed by atoms with E-state index in [4.69, 9.17) is 4.74 Å². The molecule has 0 aromatic heterocycles. The number of ether oxygens (including phenoxy) is 1. The zero-order valence-corrected chi connectivity index (χ0v) is 8.50. The molecule has 1 aliphatic rings. The molecule has 4 atom stereocenters. The molecule has 72 valence electrons. The van der Waals surface area contributed by atoms with Crippen molar-refractivity contribution in [1.29, 1.82) is 0 Å². The van der Waals surface area contributed by atoms with Gasteiger partial charge in [0.25, 0.3) is 0 Å². The van der Waals surface area contributed by atoms with Gasteiger partial charge in [-0.05, 0) is 18.8 Å². The van der Waals surface area contributed by atoms with Crippen molar-refractivity contribution < 1.29 is 9.84 Å². The predicted molar refractivity (Wildman–Crippen MR) is 48.7 cm³/mol. The fourth-order valence-electron chi connectivity index (χ4n) is 2.07. The first-order chi connectivity index (χ1) is 5.55. The van der Waals surface area contributed by atoms with Gasteiger partial charge in [0.05, 0.1) is 6.10 Å². The SMILES string of the molecule is CCC1OC(O)(CC)C(C)C1C. The van der Waals surface area contributed by atoms with Crippen molar-refractivity contribution in [3.05, 3.63) is 0 Å².